The lowest BCUT2D eigenvalue weighted by Gasteiger charge is -2.46. The maximum atomic E-state index is 7.87. The Morgan fingerprint density at radius 1 is 0.453 bits per heavy atom. The van der Waals surface area contributed by atoms with Crippen molar-refractivity contribution in [1.29, 1.82) is 0 Å². The molecule has 14 rings (SSSR count). The van der Waals surface area contributed by atoms with Gasteiger partial charge < -0.3 is 19.1 Å². The summed E-state index contributed by atoms with van der Waals surface area (Å²) in [6, 6.07) is 57.9. The third kappa shape index (κ3) is 8.70. The number of nitrogens with zero attached hydrogens (tertiary/aromatic N) is 3. The first-order valence-electron chi connectivity index (χ1n) is 32.3. The van der Waals surface area contributed by atoms with Gasteiger partial charge in [-0.15, -0.1) is 0 Å². The molecule has 0 amide bonds. The minimum Gasteiger partial charge on any atom is -0.468 e. The fourth-order valence-electron chi connectivity index (χ4n) is 16.3. The van der Waals surface area contributed by atoms with E-state index in [-0.39, 0.29) is 39.2 Å². The number of hydrogen-bond acceptors (Lipinski definition) is 4. The summed E-state index contributed by atoms with van der Waals surface area (Å²) < 4.78 is 7.87. The van der Waals surface area contributed by atoms with Gasteiger partial charge in [-0.2, -0.15) is 0 Å². The number of rotatable bonds is 7. The molecule has 2 aliphatic heterocycles. The summed E-state index contributed by atoms with van der Waals surface area (Å²) in [5.74, 6) is 0. The maximum Gasteiger partial charge on any atom is 0.297 e. The minimum absolute atomic E-state index is 0.000939. The molecule has 3 aliphatic carbocycles. The summed E-state index contributed by atoms with van der Waals surface area (Å²) in [5.41, 5.74) is 30.2. The molecule has 0 fully saturated rings. The second-order valence-corrected chi connectivity index (χ2v) is 37.0. The van der Waals surface area contributed by atoms with Gasteiger partial charge in [-0.3, -0.25) is 0 Å². The molecule has 0 saturated heterocycles. The zero-order valence-corrected chi connectivity index (χ0v) is 55.9. The molecular formula is C80H90BN3OSi. The molecule has 5 aliphatic rings. The lowest BCUT2D eigenvalue weighted by Crippen LogP contribution is -2.61. The summed E-state index contributed by atoms with van der Waals surface area (Å²) in [5, 5.41) is 2.67. The van der Waals surface area contributed by atoms with Crippen LogP contribution >= 0.6 is 0 Å². The van der Waals surface area contributed by atoms with Crippen LogP contribution in [-0.4, -0.2) is 14.8 Å². The SMILES string of the molecule is Cc1cc2c3c(c1)N(c1ccc4c(c1)C(C)(C)CCC4(C)C)c1c(oc4cc5c(cc14)C(C)(C)CCC5(C)C)B3c1ccc(N(c3ccccc3C)c3ccccc3C)cc1N2c1cc2c(cc1-c1ccc([Si](C)(C)C)cc1)C(C)(C)CCC2(C)C. The number of aryl methyl sites for hydroxylation is 3. The first-order chi connectivity index (χ1) is 40.5. The predicted molar refractivity (Wildman–Crippen MR) is 373 cm³/mol. The van der Waals surface area contributed by atoms with E-state index in [9.17, 15) is 0 Å². The second kappa shape index (κ2) is 19.0. The molecule has 0 unspecified atom stereocenters. The summed E-state index contributed by atoms with van der Waals surface area (Å²) in [4.78, 5) is 7.90. The van der Waals surface area contributed by atoms with E-state index in [1.165, 1.54) is 135 Å². The Hall–Kier alpha value is -7.02. The van der Waals surface area contributed by atoms with Crippen LogP contribution in [0.15, 0.2) is 150 Å². The Balaban J connectivity index is 1.13. The van der Waals surface area contributed by atoms with Crippen molar-refractivity contribution in [3.63, 3.8) is 0 Å². The van der Waals surface area contributed by atoms with Gasteiger partial charge in [0.25, 0.3) is 6.71 Å². The lowest BCUT2D eigenvalue weighted by atomic mass is 9.35. The smallest absolute Gasteiger partial charge is 0.297 e. The molecule has 0 bridgehead atoms. The van der Waals surface area contributed by atoms with Crippen molar-refractivity contribution in [2.24, 2.45) is 0 Å². The fourth-order valence-corrected chi connectivity index (χ4v) is 17.4. The van der Waals surface area contributed by atoms with Gasteiger partial charge in [-0.25, -0.2) is 0 Å². The first kappa shape index (κ1) is 56.8. The van der Waals surface area contributed by atoms with E-state index in [0.717, 1.165) is 49.0 Å². The van der Waals surface area contributed by atoms with Crippen LogP contribution in [0.5, 0.6) is 0 Å². The van der Waals surface area contributed by atoms with Crippen molar-refractivity contribution in [3.8, 4) is 11.1 Å². The van der Waals surface area contributed by atoms with Gasteiger partial charge in [0.2, 0.25) is 0 Å². The number of anilines is 9. The molecule has 0 radical (unpaired) electrons. The number of fused-ring (bicyclic) bond motifs is 9. The van der Waals surface area contributed by atoms with Gasteiger partial charge >= 0.3 is 0 Å². The van der Waals surface area contributed by atoms with Crippen LogP contribution in [0.3, 0.4) is 0 Å². The topological polar surface area (TPSA) is 22.9 Å². The van der Waals surface area contributed by atoms with Crippen molar-refractivity contribution in [2.45, 2.75) is 195 Å². The van der Waals surface area contributed by atoms with E-state index in [4.69, 9.17) is 4.42 Å². The molecule has 8 aromatic carbocycles. The van der Waals surface area contributed by atoms with Crippen molar-refractivity contribution in [2.75, 3.05) is 14.7 Å². The highest BCUT2D eigenvalue weighted by molar-refractivity contribution is 7.00. The van der Waals surface area contributed by atoms with Crippen LogP contribution in [0.4, 0.5) is 51.2 Å². The van der Waals surface area contributed by atoms with Gasteiger partial charge in [0.05, 0.1) is 25.1 Å². The largest absolute Gasteiger partial charge is 0.468 e. The molecule has 0 N–H and O–H groups in total. The first-order valence-corrected chi connectivity index (χ1v) is 35.8. The van der Waals surface area contributed by atoms with Crippen LogP contribution in [0.1, 0.15) is 172 Å². The third-order valence-corrected chi connectivity index (χ3v) is 24.2. The van der Waals surface area contributed by atoms with E-state index >= 15 is 0 Å². The van der Waals surface area contributed by atoms with E-state index in [1.54, 1.807) is 0 Å². The summed E-state index contributed by atoms with van der Waals surface area (Å²) in [6.45, 7) is 43.6. The molecular weight excluding hydrogens is 1060 g/mol. The van der Waals surface area contributed by atoms with Crippen molar-refractivity contribution >= 4 is 98.7 Å². The monoisotopic (exact) mass is 1150 g/mol. The number of benzene rings is 8. The number of para-hydroxylation sites is 2. The number of furan rings is 1. The predicted octanol–water partition coefficient (Wildman–Crippen LogP) is 20.2. The van der Waals surface area contributed by atoms with Crippen LogP contribution in [0.2, 0.25) is 19.6 Å². The van der Waals surface area contributed by atoms with E-state index in [2.05, 4.69) is 284 Å². The maximum absolute atomic E-state index is 7.87. The van der Waals surface area contributed by atoms with Crippen LogP contribution < -0.4 is 36.5 Å². The summed E-state index contributed by atoms with van der Waals surface area (Å²) in [6.07, 6.45) is 6.86. The quantitative estimate of drug-likeness (QED) is 0.148. The minimum atomic E-state index is -1.61. The standard InChI is InChI=1S/C80H90BN3OSi/c1-49-41-69-72-70(42-49)84(67-47-62-60(77(8,9)37-39-79(62,12)13)45-56(67)52-27-31-55(32-28-52)86(16,17)18)68-44-54(82(65-25-21-19-23-50(65)2)66-26-22-20-24-51(66)3)30-34-64(68)81(72)74-73(57-46-61-63(48-71(57)85-74)80(14,15)40-38-78(61,10)11)83(69)53-29-33-58-59(43-53)76(6,7)36-35-75(58,4)5/h19-34,41-48H,35-40H2,1-18H3. The van der Waals surface area contributed by atoms with Gasteiger partial charge in [-0.05, 0) is 231 Å². The molecule has 438 valence electrons. The van der Waals surface area contributed by atoms with Crippen LogP contribution in [0.25, 0.3) is 22.1 Å². The van der Waals surface area contributed by atoms with Crippen LogP contribution in [-0.2, 0) is 32.5 Å². The molecule has 0 saturated carbocycles. The average Bonchev–Trinajstić information content (AvgIpc) is 1.23. The second-order valence-electron chi connectivity index (χ2n) is 32.0. The zero-order chi connectivity index (χ0) is 60.7. The Kier molecular flexibility index (Phi) is 12.5. The Labute approximate surface area is 516 Å². The molecule has 1 aromatic heterocycles. The molecule has 4 nitrogen and oxygen atoms in total. The van der Waals surface area contributed by atoms with Gasteiger partial charge in [0, 0.05) is 50.8 Å². The highest BCUT2D eigenvalue weighted by Crippen LogP contribution is 2.57. The van der Waals surface area contributed by atoms with Crippen molar-refractivity contribution in [3.05, 3.63) is 196 Å². The summed E-state index contributed by atoms with van der Waals surface area (Å²) >= 11 is 0. The Morgan fingerprint density at radius 2 is 0.953 bits per heavy atom. The van der Waals surface area contributed by atoms with E-state index in [0.29, 0.717) is 0 Å². The van der Waals surface area contributed by atoms with E-state index in [1.807, 2.05) is 0 Å². The number of hydrogen-bond donors (Lipinski definition) is 0. The molecule has 6 heteroatoms. The normalized spacial score (nSPS) is 18.8. The molecule has 0 atom stereocenters. The zero-order valence-electron chi connectivity index (χ0n) is 54.9. The van der Waals surface area contributed by atoms with Crippen molar-refractivity contribution in [1.82, 2.24) is 0 Å². The van der Waals surface area contributed by atoms with Crippen LogP contribution in [0, 0.1) is 20.8 Å². The molecule has 9 aromatic rings. The molecule has 86 heavy (non-hydrogen) atoms. The van der Waals surface area contributed by atoms with Gasteiger partial charge in [-0.1, -0.05) is 181 Å². The molecule has 0 spiro atoms. The highest BCUT2D eigenvalue weighted by Gasteiger charge is 2.50. The van der Waals surface area contributed by atoms with Crippen molar-refractivity contribution < 1.29 is 4.42 Å². The third-order valence-electron chi connectivity index (χ3n) is 22.1. The summed E-state index contributed by atoms with van der Waals surface area (Å²) in [7, 11) is -1.61. The van der Waals surface area contributed by atoms with E-state index < -0.39 is 8.07 Å². The average molecular weight is 1150 g/mol. The fraction of sp³-hybridized carbons (Fsp3) is 0.375. The Bertz CT molecular complexity index is 4250. The Morgan fingerprint density at radius 3 is 1.51 bits per heavy atom. The molecule has 3 heterocycles. The van der Waals surface area contributed by atoms with Gasteiger partial charge in [0.15, 0.2) is 0 Å². The van der Waals surface area contributed by atoms with Gasteiger partial charge in [0.1, 0.15) is 5.58 Å². The highest BCUT2D eigenvalue weighted by atomic mass is 28.3. The lowest BCUT2D eigenvalue weighted by molar-refractivity contribution is 0.332.